The number of carbonyl (C=O) groups excluding carboxylic acids is 2. The average molecular weight is 423 g/mol. The van der Waals surface area contributed by atoms with Gasteiger partial charge in [-0.15, -0.1) is 11.3 Å². The van der Waals surface area contributed by atoms with Crippen molar-refractivity contribution in [3.05, 3.63) is 70.7 Å². The quantitative estimate of drug-likeness (QED) is 0.488. The van der Waals surface area contributed by atoms with Crippen LogP contribution in [-0.2, 0) is 9.53 Å². The van der Waals surface area contributed by atoms with Crippen LogP contribution in [0.1, 0.15) is 54.0 Å². The van der Waals surface area contributed by atoms with Crippen LogP contribution in [-0.4, -0.2) is 23.0 Å². The molecule has 0 aliphatic heterocycles. The lowest BCUT2D eigenvalue weighted by Crippen LogP contribution is -2.30. The Labute approximate surface area is 181 Å². The molecular weight excluding hydrogens is 396 g/mol. The number of thiazole rings is 1. The SMILES string of the molecule is CC[C@H](C)c1ccccc1NC(=O)[C@H](C)OC(=O)c1sc(-c2ccccc2)nc1C. The lowest BCUT2D eigenvalue weighted by molar-refractivity contribution is -0.123. The Kier molecular flexibility index (Phi) is 7.00. The smallest absolute Gasteiger partial charge is 0.351 e. The molecule has 2 aromatic carbocycles. The van der Waals surface area contributed by atoms with Gasteiger partial charge in [0.15, 0.2) is 6.10 Å². The zero-order valence-electron chi connectivity index (χ0n) is 17.6. The highest BCUT2D eigenvalue weighted by Crippen LogP contribution is 2.29. The molecule has 1 N–H and O–H groups in total. The van der Waals surface area contributed by atoms with Crippen molar-refractivity contribution in [3.63, 3.8) is 0 Å². The zero-order valence-corrected chi connectivity index (χ0v) is 18.5. The van der Waals surface area contributed by atoms with Gasteiger partial charge in [0.2, 0.25) is 0 Å². The maximum atomic E-state index is 12.7. The van der Waals surface area contributed by atoms with E-state index in [1.165, 1.54) is 11.3 Å². The molecule has 1 heterocycles. The van der Waals surface area contributed by atoms with Crippen molar-refractivity contribution in [2.45, 2.75) is 46.1 Å². The van der Waals surface area contributed by atoms with Gasteiger partial charge >= 0.3 is 5.97 Å². The van der Waals surface area contributed by atoms with E-state index in [0.29, 0.717) is 16.5 Å². The van der Waals surface area contributed by atoms with E-state index in [0.717, 1.165) is 28.2 Å². The Hall–Kier alpha value is -2.99. The van der Waals surface area contributed by atoms with Crippen molar-refractivity contribution in [2.24, 2.45) is 0 Å². The van der Waals surface area contributed by atoms with Gasteiger partial charge in [0.1, 0.15) is 9.88 Å². The summed E-state index contributed by atoms with van der Waals surface area (Å²) in [6, 6.07) is 17.4. The Balaban J connectivity index is 1.69. The van der Waals surface area contributed by atoms with E-state index in [9.17, 15) is 9.59 Å². The van der Waals surface area contributed by atoms with Gasteiger partial charge < -0.3 is 10.1 Å². The first-order valence-corrected chi connectivity index (χ1v) is 10.9. The number of nitrogens with zero attached hydrogens (tertiary/aromatic N) is 1. The lowest BCUT2D eigenvalue weighted by atomic mass is 9.97. The molecule has 30 heavy (non-hydrogen) atoms. The van der Waals surface area contributed by atoms with Gasteiger partial charge in [-0.05, 0) is 37.8 Å². The van der Waals surface area contributed by atoms with Crippen LogP contribution in [0.4, 0.5) is 5.69 Å². The first-order chi connectivity index (χ1) is 14.4. The van der Waals surface area contributed by atoms with E-state index in [1.807, 2.05) is 54.6 Å². The Morgan fingerprint density at radius 1 is 1.07 bits per heavy atom. The third-order valence-corrected chi connectivity index (χ3v) is 6.20. The molecule has 5 nitrogen and oxygen atoms in total. The highest BCUT2D eigenvalue weighted by atomic mass is 32.1. The van der Waals surface area contributed by atoms with Gasteiger partial charge in [-0.1, -0.05) is 62.4 Å². The Bertz CT molecular complexity index is 1030. The molecule has 0 bridgehead atoms. The third kappa shape index (κ3) is 4.94. The molecule has 6 heteroatoms. The summed E-state index contributed by atoms with van der Waals surface area (Å²) in [6.45, 7) is 7.57. The van der Waals surface area contributed by atoms with Crippen molar-refractivity contribution in [3.8, 4) is 10.6 Å². The van der Waals surface area contributed by atoms with Crippen molar-refractivity contribution < 1.29 is 14.3 Å². The molecule has 0 saturated heterocycles. The molecule has 156 valence electrons. The van der Waals surface area contributed by atoms with Crippen LogP contribution in [0.3, 0.4) is 0 Å². The fraction of sp³-hybridized carbons (Fsp3) is 0.292. The molecule has 0 aliphatic carbocycles. The van der Waals surface area contributed by atoms with E-state index in [2.05, 4.69) is 24.1 Å². The van der Waals surface area contributed by atoms with Crippen LogP contribution < -0.4 is 5.32 Å². The predicted molar refractivity (Wildman–Crippen MR) is 121 cm³/mol. The number of rotatable bonds is 7. The fourth-order valence-corrected chi connectivity index (χ4v) is 4.01. The number of hydrogen-bond acceptors (Lipinski definition) is 5. The fourth-order valence-electron chi connectivity index (χ4n) is 3.05. The number of aromatic nitrogens is 1. The van der Waals surface area contributed by atoms with Crippen molar-refractivity contribution >= 4 is 28.9 Å². The molecular formula is C24H26N2O3S. The number of carbonyl (C=O) groups is 2. The highest BCUT2D eigenvalue weighted by molar-refractivity contribution is 7.17. The summed E-state index contributed by atoms with van der Waals surface area (Å²) in [4.78, 5) is 30.2. The number of nitrogens with one attached hydrogen (secondary N) is 1. The van der Waals surface area contributed by atoms with Gasteiger partial charge in [-0.2, -0.15) is 0 Å². The number of anilines is 1. The molecule has 0 spiro atoms. The standard InChI is InChI=1S/C24H26N2O3S/c1-5-15(2)19-13-9-10-14-20(19)26-22(27)17(4)29-24(28)21-16(3)25-23(30-21)18-11-7-6-8-12-18/h6-15,17H,5H2,1-4H3,(H,26,27)/t15-,17-/m0/s1. The highest BCUT2D eigenvalue weighted by Gasteiger charge is 2.24. The third-order valence-electron chi connectivity index (χ3n) is 5.02. The van der Waals surface area contributed by atoms with Crippen LogP contribution >= 0.6 is 11.3 Å². The monoisotopic (exact) mass is 422 g/mol. The van der Waals surface area contributed by atoms with E-state index >= 15 is 0 Å². The summed E-state index contributed by atoms with van der Waals surface area (Å²) >= 11 is 1.27. The molecule has 0 radical (unpaired) electrons. The van der Waals surface area contributed by atoms with Gasteiger partial charge in [-0.3, -0.25) is 4.79 Å². The van der Waals surface area contributed by atoms with Crippen LogP contribution in [0.5, 0.6) is 0 Å². The van der Waals surface area contributed by atoms with Crippen molar-refractivity contribution in [1.82, 2.24) is 4.98 Å². The molecule has 2 atom stereocenters. The number of esters is 1. The van der Waals surface area contributed by atoms with Crippen LogP contribution in [0.15, 0.2) is 54.6 Å². The number of para-hydroxylation sites is 1. The number of amides is 1. The molecule has 0 saturated carbocycles. The second kappa shape index (κ2) is 9.67. The van der Waals surface area contributed by atoms with Gasteiger partial charge in [0.25, 0.3) is 5.91 Å². The van der Waals surface area contributed by atoms with Crippen molar-refractivity contribution in [1.29, 1.82) is 0 Å². The maximum Gasteiger partial charge on any atom is 0.351 e. The Morgan fingerprint density at radius 3 is 2.43 bits per heavy atom. The van der Waals surface area contributed by atoms with Crippen LogP contribution in [0.2, 0.25) is 0 Å². The normalized spacial score (nSPS) is 12.8. The number of hydrogen-bond donors (Lipinski definition) is 1. The molecule has 1 aromatic heterocycles. The summed E-state index contributed by atoms with van der Waals surface area (Å²) in [5, 5.41) is 3.65. The summed E-state index contributed by atoms with van der Waals surface area (Å²) in [5.41, 5.74) is 3.36. The van der Waals surface area contributed by atoms with Gasteiger partial charge in [0.05, 0.1) is 5.69 Å². The predicted octanol–water partition coefficient (Wildman–Crippen LogP) is 5.82. The van der Waals surface area contributed by atoms with Crippen LogP contribution in [0.25, 0.3) is 10.6 Å². The second-order valence-electron chi connectivity index (χ2n) is 7.23. The summed E-state index contributed by atoms with van der Waals surface area (Å²) in [6.07, 6.45) is 0.0374. The van der Waals surface area contributed by atoms with Gasteiger partial charge in [-0.25, -0.2) is 9.78 Å². The first kappa shape index (κ1) is 21.7. The Morgan fingerprint density at radius 2 is 1.73 bits per heavy atom. The van der Waals surface area contributed by atoms with E-state index < -0.39 is 12.1 Å². The minimum absolute atomic E-state index is 0.315. The summed E-state index contributed by atoms with van der Waals surface area (Å²) in [7, 11) is 0. The van der Waals surface area contributed by atoms with E-state index in [4.69, 9.17) is 4.74 Å². The minimum atomic E-state index is -0.927. The molecule has 0 fully saturated rings. The molecule has 3 aromatic rings. The van der Waals surface area contributed by atoms with E-state index in [-0.39, 0.29) is 5.91 Å². The second-order valence-corrected chi connectivity index (χ2v) is 8.23. The first-order valence-electron chi connectivity index (χ1n) is 10.0. The topological polar surface area (TPSA) is 68.3 Å². The average Bonchev–Trinajstić information content (AvgIpc) is 3.16. The molecule has 3 rings (SSSR count). The minimum Gasteiger partial charge on any atom is -0.448 e. The number of benzene rings is 2. The lowest BCUT2D eigenvalue weighted by Gasteiger charge is -2.18. The maximum absolute atomic E-state index is 12.7. The number of ether oxygens (including phenoxy) is 1. The zero-order chi connectivity index (χ0) is 21.7. The van der Waals surface area contributed by atoms with Crippen LogP contribution in [0, 0.1) is 6.92 Å². The number of aryl methyl sites for hydroxylation is 1. The molecule has 1 amide bonds. The van der Waals surface area contributed by atoms with Crippen molar-refractivity contribution in [2.75, 3.05) is 5.32 Å². The molecule has 0 unspecified atom stereocenters. The summed E-state index contributed by atoms with van der Waals surface area (Å²) < 4.78 is 5.45. The summed E-state index contributed by atoms with van der Waals surface area (Å²) in [5.74, 6) is -0.579. The largest absolute Gasteiger partial charge is 0.448 e. The molecule has 0 aliphatic rings. The van der Waals surface area contributed by atoms with Gasteiger partial charge in [0, 0.05) is 11.3 Å². The van der Waals surface area contributed by atoms with E-state index in [1.54, 1.807) is 13.8 Å².